The number of aryl methyl sites for hydroxylation is 2. The molecule has 2 amide bonds. The highest BCUT2D eigenvalue weighted by Gasteiger charge is 2.58. The van der Waals surface area contributed by atoms with Gasteiger partial charge in [-0.05, 0) is 56.1 Å². The van der Waals surface area contributed by atoms with Crippen molar-refractivity contribution in [1.29, 1.82) is 0 Å². The molecule has 0 spiro atoms. The minimum Gasteiger partial charge on any atom is -0.356 e. The van der Waals surface area contributed by atoms with Crippen LogP contribution in [0.15, 0.2) is 35.3 Å². The number of carbonyl (C=O) groups excluding carboxylic acids is 2. The average molecular weight is 409 g/mol. The van der Waals surface area contributed by atoms with Crippen LogP contribution in [0, 0.1) is 37.5 Å². The van der Waals surface area contributed by atoms with Gasteiger partial charge in [0.05, 0.1) is 11.8 Å². The molecule has 4 unspecified atom stereocenters. The fourth-order valence-electron chi connectivity index (χ4n) is 5.29. The molecular weight excluding hydrogens is 376 g/mol. The molecule has 1 saturated carbocycles. The van der Waals surface area contributed by atoms with E-state index in [-0.39, 0.29) is 35.5 Å². The van der Waals surface area contributed by atoms with Crippen LogP contribution in [0.5, 0.6) is 0 Å². The Labute approximate surface area is 178 Å². The summed E-state index contributed by atoms with van der Waals surface area (Å²) in [6.07, 6.45) is 6.90. The van der Waals surface area contributed by atoms with E-state index in [0.717, 1.165) is 31.8 Å². The van der Waals surface area contributed by atoms with Crippen molar-refractivity contribution in [2.45, 2.75) is 33.1 Å². The molecule has 4 atom stereocenters. The number of likely N-dealkylation sites (tertiary alicyclic amines) is 1. The van der Waals surface area contributed by atoms with Gasteiger partial charge < -0.3 is 10.6 Å². The van der Waals surface area contributed by atoms with Crippen molar-refractivity contribution in [3.8, 4) is 0 Å². The van der Waals surface area contributed by atoms with E-state index < -0.39 is 0 Å². The molecule has 1 saturated heterocycles. The van der Waals surface area contributed by atoms with E-state index in [1.165, 1.54) is 21.6 Å². The zero-order valence-electron chi connectivity index (χ0n) is 18.1. The molecule has 1 aromatic carbocycles. The second-order valence-electron chi connectivity index (χ2n) is 8.79. The molecule has 4 rings (SSSR count). The minimum atomic E-state index is -0.0971. The molecule has 2 bridgehead atoms. The van der Waals surface area contributed by atoms with Crippen LogP contribution in [0.2, 0.25) is 0 Å². The third-order valence-corrected chi connectivity index (χ3v) is 6.82. The van der Waals surface area contributed by atoms with E-state index in [0.29, 0.717) is 13.1 Å². The highest BCUT2D eigenvalue weighted by molar-refractivity contribution is 6.06. The molecule has 1 aromatic rings. The molecule has 1 heterocycles. The lowest BCUT2D eigenvalue weighted by Gasteiger charge is -2.18. The van der Waals surface area contributed by atoms with Crippen LogP contribution in [0.4, 0.5) is 0 Å². The van der Waals surface area contributed by atoms with Gasteiger partial charge in [-0.15, -0.1) is 0 Å². The second kappa shape index (κ2) is 8.62. The summed E-state index contributed by atoms with van der Waals surface area (Å²) in [5.41, 5.74) is 3.93. The van der Waals surface area contributed by atoms with Gasteiger partial charge in [0.2, 0.25) is 11.8 Å². The Morgan fingerprint density at radius 3 is 2.37 bits per heavy atom. The SMILES string of the molecule is CN=C(NCCCN1C(=O)C2C3C=CC(C3)C2C1=O)NCCc1ccc(C)cc1C. The maximum atomic E-state index is 12.7. The highest BCUT2D eigenvalue weighted by Crippen LogP contribution is 2.52. The molecular formula is C24H32N4O2. The predicted molar refractivity (Wildman–Crippen MR) is 118 cm³/mol. The largest absolute Gasteiger partial charge is 0.356 e. The summed E-state index contributed by atoms with van der Waals surface area (Å²) >= 11 is 0. The standard InChI is InChI=1S/C24H32N4O2/c1-15-5-6-17(16(2)13-15)9-11-27-24(25-3)26-10-4-12-28-22(29)20-18-7-8-19(14-18)21(20)23(28)30/h5-8,13,18-21H,4,9-12,14H2,1-3H3,(H2,25,26,27). The van der Waals surface area contributed by atoms with E-state index >= 15 is 0 Å². The van der Waals surface area contributed by atoms with Crippen molar-refractivity contribution in [1.82, 2.24) is 15.5 Å². The number of nitrogens with zero attached hydrogens (tertiary/aromatic N) is 2. The van der Waals surface area contributed by atoms with Gasteiger partial charge in [0.25, 0.3) is 0 Å². The molecule has 1 aliphatic heterocycles. The molecule has 3 aliphatic rings. The zero-order chi connectivity index (χ0) is 21.3. The lowest BCUT2D eigenvalue weighted by molar-refractivity contribution is -0.140. The molecule has 6 heteroatoms. The van der Waals surface area contributed by atoms with Gasteiger partial charge in [-0.3, -0.25) is 19.5 Å². The van der Waals surface area contributed by atoms with Gasteiger partial charge >= 0.3 is 0 Å². The molecule has 160 valence electrons. The number of aliphatic imine (C=N–C) groups is 1. The van der Waals surface area contributed by atoms with Gasteiger partial charge in [-0.25, -0.2) is 0 Å². The lowest BCUT2D eigenvalue weighted by Crippen LogP contribution is -2.40. The zero-order valence-corrected chi connectivity index (χ0v) is 18.1. The first kappa shape index (κ1) is 20.6. The molecule has 2 N–H and O–H groups in total. The molecule has 30 heavy (non-hydrogen) atoms. The summed E-state index contributed by atoms with van der Waals surface area (Å²) in [6, 6.07) is 6.54. The van der Waals surface area contributed by atoms with Crippen LogP contribution in [-0.4, -0.2) is 49.4 Å². The van der Waals surface area contributed by atoms with Gasteiger partial charge in [0.1, 0.15) is 0 Å². The van der Waals surface area contributed by atoms with Crippen molar-refractivity contribution < 1.29 is 9.59 Å². The Hall–Kier alpha value is -2.63. The maximum Gasteiger partial charge on any atom is 0.233 e. The van der Waals surface area contributed by atoms with Crippen molar-refractivity contribution in [2.75, 3.05) is 26.7 Å². The summed E-state index contributed by atoms with van der Waals surface area (Å²) in [6.45, 7) is 6.20. The number of rotatable bonds is 7. The smallest absolute Gasteiger partial charge is 0.233 e. The van der Waals surface area contributed by atoms with E-state index in [1.807, 2.05) is 0 Å². The summed E-state index contributed by atoms with van der Waals surface area (Å²) in [5.74, 6) is 1.19. The number of guanidine groups is 1. The minimum absolute atomic E-state index is 0.0397. The Balaban J connectivity index is 1.19. The first-order valence-corrected chi connectivity index (χ1v) is 11.0. The van der Waals surface area contributed by atoms with Crippen molar-refractivity contribution in [3.05, 3.63) is 47.0 Å². The number of benzene rings is 1. The van der Waals surface area contributed by atoms with Crippen LogP contribution in [0.25, 0.3) is 0 Å². The third-order valence-electron chi connectivity index (χ3n) is 6.82. The van der Waals surface area contributed by atoms with Crippen molar-refractivity contribution in [2.24, 2.45) is 28.7 Å². The summed E-state index contributed by atoms with van der Waals surface area (Å²) < 4.78 is 0. The van der Waals surface area contributed by atoms with Gasteiger partial charge in [-0.2, -0.15) is 0 Å². The van der Waals surface area contributed by atoms with Crippen LogP contribution in [0.1, 0.15) is 29.5 Å². The number of carbonyl (C=O) groups is 2. The first-order valence-electron chi connectivity index (χ1n) is 11.0. The quantitative estimate of drug-likeness (QED) is 0.239. The first-order chi connectivity index (χ1) is 14.5. The Kier molecular flexibility index (Phi) is 5.93. The summed E-state index contributed by atoms with van der Waals surface area (Å²) in [7, 11) is 1.75. The van der Waals surface area contributed by atoms with Crippen LogP contribution in [-0.2, 0) is 16.0 Å². The second-order valence-corrected chi connectivity index (χ2v) is 8.79. The molecule has 0 aromatic heterocycles. The molecule has 2 fully saturated rings. The van der Waals surface area contributed by atoms with Gasteiger partial charge in [0.15, 0.2) is 5.96 Å². The van der Waals surface area contributed by atoms with Crippen LogP contribution < -0.4 is 10.6 Å². The number of hydrogen-bond donors (Lipinski definition) is 2. The maximum absolute atomic E-state index is 12.7. The lowest BCUT2D eigenvalue weighted by atomic mass is 9.85. The fourth-order valence-corrected chi connectivity index (χ4v) is 5.29. The van der Waals surface area contributed by atoms with Gasteiger partial charge in [-0.1, -0.05) is 35.9 Å². The Morgan fingerprint density at radius 2 is 1.73 bits per heavy atom. The summed E-state index contributed by atoms with van der Waals surface area (Å²) in [4.78, 5) is 31.2. The Morgan fingerprint density at radius 1 is 1.07 bits per heavy atom. The number of fused-ring (bicyclic) bond motifs is 5. The molecule has 0 radical (unpaired) electrons. The predicted octanol–water partition coefficient (Wildman–Crippen LogP) is 2.21. The fraction of sp³-hybridized carbons (Fsp3) is 0.542. The van der Waals surface area contributed by atoms with E-state index in [4.69, 9.17) is 0 Å². The monoisotopic (exact) mass is 408 g/mol. The highest BCUT2D eigenvalue weighted by atomic mass is 16.2. The number of hydrogen-bond acceptors (Lipinski definition) is 3. The van der Waals surface area contributed by atoms with E-state index in [1.54, 1.807) is 7.05 Å². The van der Waals surface area contributed by atoms with Crippen LogP contribution in [0.3, 0.4) is 0 Å². The topological polar surface area (TPSA) is 73.8 Å². The van der Waals surface area contributed by atoms with Crippen molar-refractivity contribution in [3.63, 3.8) is 0 Å². The summed E-state index contributed by atoms with van der Waals surface area (Å²) in [5, 5.41) is 6.63. The number of imide groups is 1. The molecule has 6 nitrogen and oxygen atoms in total. The Bertz CT molecular complexity index is 861. The number of allylic oxidation sites excluding steroid dienone is 2. The molecule has 2 aliphatic carbocycles. The van der Waals surface area contributed by atoms with E-state index in [9.17, 15) is 9.59 Å². The van der Waals surface area contributed by atoms with E-state index in [2.05, 4.69) is 59.8 Å². The normalized spacial score (nSPS) is 27.2. The average Bonchev–Trinajstić information content (AvgIpc) is 3.40. The van der Waals surface area contributed by atoms with Crippen molar-refractivity contribution >= 4 is 17.8 Å². The van der Waals surface area contributed by atoms with Crippen LogP contribution >= 0.6 is 0 Å². The number of nitrogens with one attached hydrogen (secondary N) is 2. The third kappa shape index (κ3) is 3.87. The van der Waals surface area contributed by atoms with Gasteiger partial charge in [0, 0.05) is 26.7 Å². The number of amides is 2.